The van der Waals surface area contributed by atoms with Crippen molar-refractivity contribution < 1.29 is 49.3 Å². The number of aliphatic hydroxyl groups excluding tert-OH is 5. The Balaban J connectivity index is 1.98. The second-order valence-corrected chi connectivity index (χ2v) is 22.1. The van der Waals surface area contributed by atoms with Crippen molar-refractivity contribution in [2.24, 2.45) is 0 Å². The molecule has 1 saturated heterocycles. The quantitative estimate of drug-likeness (QED) is 0.0195. The zero-order valence-electron chi connectivity index (χ0n) is 49.9. The Bertz CT molecular complexity index is 1520. The van der Waals surface area contributed by atoms with Crippen LogP contribution in [0.3, 0.4) is 0 Å². The van der Waals surface area contributed by atoms with E-state index in [1.165, 1.54) is 167 Å². The molecule has 6 N–H and O–H groups in total. The van der Waals surface area contributed by atoms with Gasteiger partial charge in [-0.2, -0.15) is 0 Å². The van der Waals surface area contributed by atoms with Gasteiger partial charge in [0.25, 0.3) is 0 Å². The number of rotatable bonds is 55. The van der Waals surface area contributed by atoms with Gasteiger partial charge >= 0.3 is 5.97 Å². The first-order valence-corrected chi connectivity index (χ1v) is 32.2. The molecule has 452 valence electrons. The van der Waals surface area contributed by atoms with Gasteiger partial charge in [-0.15, -0.1) is 0 Å². The van der Waals surface area contributed by atoms with Crippen LogP contribution >= 0.6 is 0 Å². The third kappa shape index (κ3) is 44.8. The standard InChI is InChI=1S/C67H119NO10/c1-3-5-7-9-11-13-14-15-32-35-39-43-47-51-55-63(72)76-56-52-48-44-40-36-33-30-28-26-24-22-20-18-16-17-19-21-23-25-27-29-31-34-38-42-46-50-54-62(71)68-59(60(70)53-49-45-41-37-12-10-8-6-4-2)58-77-67-66(75)65(74)64(73)61(57-69)78-67/h4,6,12,14-17,20,22,37,49,53,59-61,64-67,69-70,73-75H,3,5,7-11,13,18-19,21,23-36,38-48,50-52,54-58H2,1-2H3,(H,68,71)/b6-4+,15-14-,17-16-,22-20-,37-12+,53-49+. The number of amides is 1. The number of carbonyl (C=O) groups is 2. The van der Waals surface area contributed by atoms with Crippen LogP contribution < -0.4 is 5.32 Å². The zero-order chi connectivity index (χ0) is 56.6. The summed E-state index contributed by atoms with van der Waals surface area (Å²) in [6.07, 6.45) is 64.8. The normalized spacial score (nSPS) is 19.0. The van der Waals surface area contributed by atoms with Crippen molar-refractivity contribution in [3.05, 3.63) is 72.9 Å². The molecule has 0 aromatic rings. The summed E-state index contributed by atoms with van der Waals surface area (Å²) in [5.41, 5.74) is 0. The van der Waals surface area contributed by atoms with Gasteiger partial charge in [0, 0.05) is 12.8 Å². The molecule has 1 aliphatic heterocycles. The smallest absolute Gasteiger partial charge is 0.305 e. The number of ether oxygens (including phenoxy) is 3. The Morgan fingerprint density at radius 3 is 1.42 bits per heavy atom. The predicted octanol–water partition coefficient (Wildman–Crippen LogP) is 15.6. The highest BCUT2D eigenvalue weighted by Crippen LogP contribution is 2.23. The minimum atomic E-state index is -1.58. The van der Waals surface area contributed by atoms with Crippen molar-refractivity contribution in [1.82, 2.24) is 5.32 Å². The minimum absolute atomic E-state index is 0.00892. The molecule has 0 spiro atoms. The van der Waals surface area contributed by atoms with E-state index in [0.29, 0.717) is 19.4 Å². The lowest BCUT2D eigenvalue weighted by molar-refractivity contribution is -0.302. The molecule has 11 nitrogen and oxygen atoms in total. The highest BCUT2D eigenvalue weighted by atomic mass is 16.7. The Morgan fingerprint density at radius 2 is 0.923 bits per heavy atom. The second-order valence-electron chi connectivity index (χ2n) is 22.1. The van der Waals surface area contributed by atoms with Crippen molar-refractivity contribution in [3.63, 3.8) is 0 Å². The van der Waals surface area contributed by atoms with Gasteiger partial charge in [0.15, 0.2) is 6.29 Å². The monoisotopic (exact) mass is 1100 g/mol. The third-order valence-electron chi connectivity index (χ3n) is 14.8. The van der Waals surface area contributed by atoms with Gasteiger partial charge in [-0.1, -0.05) is 228 Å². The molecular formula is C67H119NO10. The number of unbranched alkanes of at least 4 members (excludes halogenated alkanes) is 32. The molecule has 0 aliphatic carbocycles. The van der Waals surface area contributed by atoms with E-state index in [2.05, 4.69) is 66.9 Å². The molecule has 1 heterocycles. The number of aliphatic hydroxyl groups is 5. The van der Waals surface area contributed by atoms with Gasteiger partial charge in [0.05, 0.1) is 32.0 Å². The number of allylic oxidation sites excluding steroid dienone is 11. The fraction of sp³-hybridized carbons (Fsp3) is 0.791. The van der Waals surface area contributed by atoms with E-state index in [9.17, 15) is 35.1 Å². The largest absolute Gasteiger partial charge is 0.466 e. The van der Waals surface area contributed by atoms with E-state index in [0.717, 1.165) is 83.5 Å². The fourth-order valence-electron chi connectivity index (χ4n) is 9.73. The van der Waals surface area contributed by atoms with Gasteiger partial charge in [-0.25, -0.2) is 0 Å². The third-order valence-corrected chi connectivity index (χ3v) is 14.8. The van der Waals surface area contributed by atoms with Crippen LogP contribution in [0.1, 0.15) is 277 Å². The lowest BCUT2D eigenvalue weighted by Gasteiger charge is -2.40. The predicted molar refractivity (Wildman–Crippen MR) is 324 cm³/mol. The van der Waals surface area contributed by atoms with Gasteiger partial charge in [-0.05, 0) is 110 Å². The maximum atomic E-state index is 13.0. The number of carbonyl (C=O) groups excluding carboxylic acids is 2. The average Bonchev–Trinajstić information content (AvgIpc) is 3.44. The summed E-state index contributed by atoms with van der Waals surface area (Å²) in [7, 11) is 0. The summed E-state index contributed by atoms with van der Waals surface area (Å²) in [4.78, 5) is 25.0. The van der Waals surface area contributed by atoms with E-state index < -0.39 is 49.5 Å². The van der Waals surface area contributed by atoms with Crippen molar-refractivity contribution in [2.75, 3.05) is 19.8 Å². The summed E-state index contributed by atoms with van der Waals surface area (Å²) >= 11 is 0. The number of hydrogen-bond acceptors (Lipinski definition) is 10. The van der Waals surface area contributed by atoms with E-state index >= 15 is 0 Å². The summed E-state index contributed by atoms with van der Waals surface area (Å²) < 4.78 is 16.7. The first kappa shape index (κ1) is 73.1. The molecule has 1 amide bonds. The van der Waals surface area contributed by atoms with Crippen molar-refractivity contribution in [2.45, 2.75) is 320 Å². The Hall–Kier alpha value is -2.90. The summed E-state index contributed by atoms with van der Waals surface area (Å²) in [6, 6.07) is -0.837. The van der Waals surface area contributed by atoms with Crippen LogP contribution in [0.2, 0.25) is 0 Å². The average molecular weight is 1100 g/mol. The highest BCUT2D eigenvalue weighted by Gasteiger charge is 2.44. The lowest BCUT2D eigenvalue weighted by atomic mass is 9.99. The lowest BCUT2D eigenvalue weighted by Crippen LogP contribution is -2.60. The van der Waals surface area contributed by atoms with Gasteiger partial charge in [0.2, 0.25) is 5.91 Å². The summed E-state index contributed by atoms with van der Waals surface area (Å²) in [5.74, 6) is -0.213. The van der Waals surface area contributed by atoms with Crippen LogP contribution in [0.25, 0.3) is 0 Å². The van der Waals surface area contributed by atoms with E-state index in [1.807, 2.05) is 19.1 Å². The minimum Gasteiger partial charge on any atom is -0.466 e. The van der Waals surface area contributed by atoms with Crippen LogP contribution in [0.4, 0.5) is 0 Å². The van der Waals surface area contributed by atoms with Gasteiger partial charge in [0.1, 0.15) is 24.4 Å². The molecule has 11 heteroatoms. The molecule has 0 radical (unpaired) electrons. The van der Waals surface area contributed by atoms with Crippen LogP contribution in [-0.2, 0) is 23.8 Å². The number of nitrogens with one attached hydrogen (secondary N) is 1. The van der Waals surface area contributed by atoms with Crippen molar-refractivity contribution in [3.8, 4) is 0 Å². The Labute approximate surface area is 477 Å². The SMILES string of the molecule is C/C=C/CC/C=C/CC/C=C/C(O)C(COC1OC(CO)C(O)C(O)C1O)NC(=O)CCCCCCCCCCCCC/C=C\C/C=C\CCCCCCCCCCCOC(=O)CCCCCCC/C=C\CCCCCCC. The van der Waals surface area contributed by atoms with Gasteiger partial charge < -0.3 is 45.1 Å². The van der Waals surface area contributed by atoms with Crippen LogP contribution in [-0.4, -0.2) is 100 Å². The molecule has 1 aliphatic rings. The Morgan fingerprint density at radius 1 is 0.500 bits per heavy atom. The number of esters is 1. The second kappa shape index (κ2) is 56.0. The molecule has 0 aromatic heterocycles. The molecule has 78 heavy (non-hydrogen) atoms. The van der Waals surface area contributed by atoms with E-state index in [-0.39, 0.29) is 18.5 Å². The van der Waals surface area contributed by atoms with Crippen LogP contribution in [0.15, 0.2) is 72.9 Å². The topological polar surface area (TPSA) is 175 Å². The summed E-state index contributed by atoms with van der Waals surface area (Å²) in [6.45, 7) is 4.07. The van der Waals surface area contributed by atoms with Crippen molar-refractivity contribution >= 4 is 11.9 Å². The molecule has 7 atom stereocenters. The molecule has 0 saturated carbocycles. The zero-order valence-corrected chi connectivity index (χ0v) is 49.9. The highest BCUT2D eigenvalue weighted by molar-refractivity contribution is 5.76. The van der Waals surface area contributed by atoms with E-state index in [4.69, 9.17) is 14.2 Å². The summed E-state index contributed by atoms with van der Waals surface area (Å²) in [5, 5.41) is 54.2. The molecule has 1 fully saturated rings. The maximum absolute atomic E-state index is 13.0. The first-order chi connectivity index (χ1) is 38.2. The van der Waals surface area contributed by atoms with Crippen LogP contribution in [0, 0.1) is 0 Å². The maximum Gasteiger partial charge on any atom is 0.305 e. The fourth-order valence-corrected chi connectivity index (χ4v) is 9.73. The van der Waals surface area contributed by atoms with Crippen LogP contribution in [0.5, 0.6) is 0 Å². The van der Waals surface area contributed by atoms with E-state index in [1.54, 1.807) is 6.08 Å². The Kier molecular flexibility index (Phi) is 52.5. The molecule has 7 unspecified atom stereocenters. The first-order valence-electron chi connectivity index (χ1n) is 32.2. The number of hydrogen-bond donors (Lipinski definition) is 6. The molecular weight excluding hydrogens is 979 g/mol. The van der Waals surface area contributed by atoms with Gasteiger partial charge in [-0.3, -0.25) is 9.59 Å². The molecule has 0 aromatic carbocycles. The molecule has 1 rings (SSSR count). The van der Waals surface area contributed by atoms with Crippen molar-refractivity contribution in [1.29, 1.82) is 0 Å². The molecule has 0 bridgehead atoms.